The molecule has 0 radical (unpaired) electrons. The van der Waals surface area contributed by atoms with Crippen LogP contribution in [0.1, 0.15) is 10.4 Å². The van der Waals surface area contributed by atoms with Crippen molar-refractivity contribution in [1.82, 2.24) is 0 Å². The second-order valence-electron chi connectivity index (χ2n) is 7.33. The van der Waals surface area contributed by atoms with Gasteiger partial charge in [0.2, 0.25) is 0 Å². The van der Waals surface area contributed by atoms with Crippen LogP contribution in [0.25, 0.3) is 0 Å². The third-order valence-electron chi connectivity index (χ3n) is 4.34. The molecule has 0 spiro atoms. The lowest BCUT2D eigenvalue weighted by atomic mass is 10.2. The van der Waals surface area contributed by atoms with Crippen LogP contribution in [0.2, 0.25) is 0 Å². The maximum absolute atomic E-state index is 12.1. The maximum atomic E-state index is 12.1. The Morgan fingerprint density at radius 3 is 1.11 bits per heavy atom. The van der Waals surface area contributed by atoms with E-state index in [4.69, 9.17) is 5.73 Å². The number of hydrogen-bond acceptors (Lipinski definition) is 9. The first-order valence-corrected chi connectivity index (χ1v) is 12.1. The molecular formula is C20H17N25O2. The van der Waals surface area contributed by atoms with Gasteiger partial charge in [0, 0.05) is 57.9 Å². The van der Waals surface area contributed by atoms with Crippen molar-refractivity contribution in [2.24, 2.45) is 125 Å². The highest BCUT2D eigenvalue weighted by Crippen LogP contribution is 2.24. The Hall–Kier alpha value is -7.87. The molecule has 3 aromatic carbocycles. The molecule has 0 aliphatic rings. The molecule has 0 amide bonds. The van der Waals surface area contributed by atoms with Crippen LogP contribution >= 0.6 is 0 Å². The smallest absolute Gasteiger partial charge is 0.367 e. The van der Waals surface area contributed by atoms with E-state index in [1.54, 1.807) is 60.7 Å². The molecule has 0 bridgehead atoms. The molecule has 3 aromatic rings. The minimum atomic E-state index is -0.818. The van der Waals surface area contributed by atoms with Gasteiger partial charge in [-0.25, -0.2) is 4.79 Å². The third-order valence-corrected chi connectivity index (χ3v) is 4.34. The monoisotopic (exact) mass is 639 g/mol. The average Bonchev–Trinajstić information content (AvgIpc) is 3.10. The van der Waals surface area contributed by atoms with Crippen LogP contribution in [-0.4, -0.2) is 13.0 Å². The molecule has 0 aromatic heterocycles. The van der Waals surface area contributed by atoms with Crippen molar-refractivity contribution in [2.75, 3.05) is 12.8 Å². The molecule has 0 heterocycles. The molecule has 0 saturated carbocycles. The van der Waals surface area contributed by atoms with Crippen molar-refractivity contribution >= 4 is 34.4 Å². The highest BCUT2D eigenvalue weighted by Gasteiger charge is 2.07. The lowest BCUT2D eigenvalue weighted by Crippen LogP contribution is -1.99. The Kier molecular flexibility index (Phi) is 15.0. The second kappa shape index (κ2) is 20.9. The van der Waals surface area contributed by atoms with Crippen molar-refractivity contribution in [3.05, 3.63) is 78.4 Å². The maximum Gasteiger partial charge on any atom is 0.367 e. The van der Waals surface area contributed by atoms with Crippen LogP contribution in [0.15, 0.2) is 198 Å². The van der Waals surface area contributed by atoms with E-state index >= 15 is 0 Å². The summed E-state index contributed by atoms with van der Waals surface area (Å²) in [6.45, 7) is 0. The van der Waals surface area contributed by atoms with Crippen LogP contribution in [0.3, 0.4) is 0 Å². The number of nitrogens with zero attached hydrogens (tertiary/aromatic N) is 24. The third kappa shape index (κ3) is 14.7. The number of nitrogens with two attached hydrogens (primary N) is 1. The number of rotatable bonds is 15. The molecule has 3 rings (SSSR count). The molecule has 2 N–H and O–H groups in total. The summed E-state index contributed by atoms with van der Waals surface area (Å²) in [5, 5.41) is 78.1. The zero-order valence-corrected chi connectivity index (χ0v) is 23.6. The minimum absolute atomic E-state index is 0.164. The van der Waals surface area contributed by atoms with Crippen molar-refractivity contribution in [1.29, 1.82) is 0 Å². The zero-order chi connectivity index (χ0) is 33.2. The van der Waals surface area contributed by atoms with Crippen LogP contribution in [0.5, 0.6) is 0 Å². The second-order valence-corrected chi connectivity index (χ2v) is 7.33. The fourth-order valence-electron chi connectivity index (χ4n) is 2.47. The topological polar surface area (TPSA) is 349 Å². The first-order valence-electron chi connectivity index (χ1n) is 12.1. The van der Waals surface area contributed by atoms with Gasteiger partial charge in [-0.1, -0.05) is 0 Å². The Bertz CT molecular complexity index is 1770. The summed E-state index contributed by atoms with van der Waals surface area (Å²) in [7, 11) is 1.39. The molecule has 0 unspecified atom stereocenters. The van der Waals surface area contributed by atoms with Gasteiger partial charge in [0.1, 0.15) is 0 Å². The largest absolute Gasteiger partial charge is 0.399 e. The first kappa shape index (κ1) is 33.6. The molecule has 0 aliphatic heterocycles. The lowest BCUT2D eigenvalue weighted by molar-refractivity contribution is 0.0475. The number of anilines is 1. The van der Waals surface area contributed by atoms with Crippen molar-refractivity contribution in [3.8, 4) is 0 Å². The van der Waals surface area contributed by atoms with Gasteiger partial charge in [0.25, 0.3) is 0 Å². The first-order chi connectivity index (χ1) is 23.1. The lowest BCUT2D eigenvalue weighted by Gasteiger charge is -1.98. The van der Waals surface area contributed by atoms with E-state index in [1.165, 1.54) is 19.2 Å². The normalized spacial score (nSPS) is 13.2. The quantitative estimate of drug-likeness (QED) is 0.0963. The van der Waals surface area contributed by atoms with Crippen LogP contribution in [0.4, 0.5) is 28.4 Å². The summed E-state index contributed by atoms with van der Waals surface area (Å²) in [6.07, 6.45) is 0. The van der Waals surface area contributed by atoms with Crippen molar-refractivity contribution in [2.45, 2.75) is 0 Å². The van der Waals surface area contributed by atoms with Gasteiger partial charge in [-0.15, -0.1) is 0 Å². The molecule has 27 nitrogen and oxygen atoms in total. The standard InChI is InChI=1S/C20H17N25O2/c1-22-27-28-29-30-31-32-33-34-35-36-37-38-39-40-41-42-43-44-45-47-20(46)14-2-6-16(7-3-14)23-25-18-10-12-19(13-11-18)26-24-17-8-4-15(21)5-9-17/h2-13H,21H2,1H3. The Balaban J connectivity index is 1.34. The molecule has 47 heavy (non-hydrogen) atoms. The highest BCUT2D eigenvalue weighted by atomic mass is 16.7. The predicted molar refractivity (Wildman–Crippen MR) is 152 cm³/mol. The molecule has 0 atom stereocenters. The van der Waals surface area contributed by atoms with Crippen LogP contribution in [-0.2, 0) is 4.84 Å². The van der Waals surface area contributed by atoms with E-state index in [2.05, 4.69) is 130 Å². The number of azo groups is 2. The molecule has 0 aliphatic carbocycles. The van der Waals surface area contributed by atoms with Crippen molar-refractivity contribution in [3.63, 3.8) is 0 Å². The summed E-state index contributed by atoms with van der Waals surface area (Å²) in [5.74, 6) is -0.818. The van der Waals surface area contributed by atoms with E-state index in [9.17, 15) is 4.79 Å². The molecule has 27 heteroatoms. The number of carbonyl (C=O) groups excluding carboxylic acids is 1. The zero-order valence-electron chi connectivity index (χ0n) is 23.6. The predicted octanol–water partition coefficient (Wildman–Crippen LogP) is 9.56. The van der Waals surface area contributed by atoms with E-state index in [0.717, 1.165) is 0 Å². The van der Waals surface area contributed by atoms with Crippen LogP contribution < -0.4 is 5.73 Å². The number of nitrogen functional groups attached to an aromatic ring is 1. The molecule has 0 saturated heterocycles. The van der Waals surface area contributed by atoms with Gasteiger partial charge in [-0.2, -0.15) is 25.6 Å². The van der Waals surface area contributed by atoms with Crippen molar-refractivity contribution < 1.29 is 9.63 Å². The van der Waals surface area contributed by atoms with Gasteiger partial charge in [-0.3, -0.25) is 4.84 Å². The van der Waals surface area contributed by atoms with Gasteiger partial charge in [-0.05, 0) is 115 Å². The summed E-state index contributed by atoms with van der Waals surface area (Å²) in [6, 6.07) is 20.0. The van der Waals surface area contributed by atoms with E-state index in [1.807, 2.05) is 0 Å². The molecular weight excluding hydrogens is 622 g/mol. The van der Waals surface area contributed by atoms with Gasteiger partial charge < -0.3 is 5.73 Å². The fourth-order valence-corrected chi connectivity index (χ4v) is 2.47. The van der Waals surface area contributed by atoms with Gasteiger partial charge in [0.15, 0.2) is 0 Å². The Morgan fingerprint density at radius 2 is 0.745 bits per heavy atom. The summed E-state index contributed by atoms with van der Waals surface area (Å²) in [5.41, 5.74) is 8.86. The van der Waals surface area contributed by atoms with Gasteiger partial charge in [0.05, 0.1) is 40.6 Å². The number of carbonyl (C=O) groups is 1. The molecule has 0 fully saturated rings. The Labute approximate surface area is 260 Å². The van der Waals surface area contributed by atoms with E-state index in [0.29, 0.717) is 28.4 Å². The Morgan fingerprint density at radius 1 is 0.447 bits per heavy atom. The number of benzene rings is 3. The van der Waals surface area contributed by atoms with E-state index < -0.39 is 5.97 Å². The summed E-state index contributed by atoms with van der Waals surface area (Å²) < 4.78 is 0. The SMILES string of the molecule is CN=NN=NN=NN=NN=NN=NN=NN=NN=NN=NOC(=O)c1ccc(N=Nc2ccc(N=Nc3ccc(N)cc3)cc2)cc1. The van der Waals surface area contributed by atoms with Gasteiger partial charge >= 0.3 is 5.97 Å². The fraction of sp³-hybridized carbons (Fsp3) is 0.0500. The molecule has 234 valence electrons. The minimum Gasteiger partial charge on any atom is -0.399 e. The highest BCUT2D eigenvalue weighted by molar-refractivity contribution is 5.89. The number of hydrogen-bond donors (Lipinski definition) is 1. The van der Waals surface area contributed by atoms with Crippen LogP contribution in [0, 0.1) is 0 Å². The summed E-state index contributed by atoms with van der Waals surface area (Å²) >= 11 is 0. The van der Waals surface area contributed by atoms with E-state index in [-0.39, 0.29) is 5.56 Å². The average molecular weight is 640 g/mol. The summed E-state index contributed by atoms with van der Waals surface area (Å²) in [4.78, 5) is 16.6.